The molecule has 0 saturated heterocycles. The maximum atomic E-state index is 5.84. The zero-order valence-corrected chi connectivity index (χ0v) is 15.0. The van der Waals surface area contributed by atoms with Crippen LogP contribution >= 0.6 is 11.6 Å². The zero-order chi connectivity index (χ0) is 15.9. The number of hydrogen-bond acceptors (Lipinski definition) is 1. The highest BCUT2D eigenvalue weighted by Crippen LogP contribution is 2.16. The van der Waals surface area contributed by atoms with Gasteiger partial charge in [-0.15, -0.1) is 0 Å². The van der Waals surface area contributed by atoms with E-state index in [-0.39, 0.29) is 0 Å². The van der Waals surface area contributed by atoms with E-state index in [0.717, 1.165) is 23.8 Å². The molecule has 0 heterocycles. The lowest BCUT2D eigenvalue weighted by Gasteiger charge is -2.06. The highest BCUT2D eigenvalue weighted by molar-refractivity contribution is 6.30. The van der Waals surface area contributed by atoms with Crippen molar-refractivity contribution in [3.8, 4) is 5.75 Å². The fourth-order valence-corrected chi connectivity index (χ4v) is 2.79. The van der Waals surface area contributed by atoms with Crippen molar-refractivity contribution >= 4 is 11.6 Å². The molecule has 0 aliphatic carbocycles. The summed E-state index contributed by atoms with van der Waals surface area (Å²) < 4.78 is 5.69. The maximum absolute atomic E-state index is 5.84. The molecule has 0 atom stereocenters. The topological polar surface area (TPSA) is 9.23 Å². The van der Waals surface area contributed by atoms with Gasteiger partial charge in [0.2, 0.25) is 0 Å². The highest BCUT2D eigenvalue weighted by atomic mass is 35.5. The second-order valence-corrected chi connectivity index (χ2v) is 6.63. The molecule has 0 bridgehead atoms. The first-order chi connectivity index (χ1) is 10.8. The normalized spacial score (nSPS) is 10.8. The molecule has 0 fully saturated rings. The van der Waals surface area contributed by atoms with Crippen molar-refractivity contribution in [2.24, 2.45) is 0 Å². The van der Waals surface area contributed by atoms with E-state index >= 15 is 0 Å². The SMILES string of the molecule is CCCCCCCCCCCCCCOc1ccc(Cl)cc1. The van der Waals surface area contributed by atoms with E-state index in [2.05, 4.69) is 6.92 Å². The van der Waals surface area contributed by atoms with Gasteiger partial charge in [-0.2, -0.15) is 0 Å². The Morgan fingerprint density at radius 3 is 1.64 bits per heavy atom. The van der Waals surface area contributed by atoms with Crippen molar-refractivity contribution in [2.75, 3.05) is 6.61 Å². The summed E-state index contributed by atoms with van der Waals surface area (Å²) >= 11 is 5.84. The van der Waals surface area contributed by atoms with Gasteiger partial charge >= 0.3 is 0 Å². The molecule has 0 radical (unpaired) electrons. The molecule has 22 heavy (non-hydrogen) atoms. The van der Waals surface area contributed by atoms with Crippen molar-refractivity contribution in [3.63, 3.8) is 0 Å². The first-order valence-corrected chi connectivity index (χ1v) is 9.59. The number of hydrogen-bond donors (Lipinski definition) is 0. The second kappa shape index (κ2) is 13.9. The van der Waals surface area contributed by atoms with E-state index < -0.39 is 0 Å². The Hall–Kier alpha value is -0.690. The zero-order valence-electron chi connectivity index (χ0n) is 14.3. The van der Waals surface area contributed by atoms with Crippen LogP contribution in [0, 0.1) is 0 Å². The smallest absolute Gasteiger partial charge is 0.119 e. The molecule has 0 unspecified atom stereocenters. The van der Waals surface area contributed by atoms with Crippen molar-refractivity contribution in [2.45, 2.75) is 84.0 Å². The van der Waals surface area contributed by atoms with Gasteiger partial charge in [0.05, 0.1) is 6.61 Å². The van der Waals surface area contributed by atoms with E-state index in [1.54, 1.807) is 0 Å². The molecular formula is C20H33ClO. The first-order valence-electron chi connectivity index (χ1n) is 9.21. The summed E-state index contributed by atoms with van der Waals surface area (Å²) in [5.41, 5.74) is 0. The summed E-state index contributed by atoms with van der Waals surface area (Å²) in [6.07, 6.45) is 16.5. The van der Waals surface area contributed by atoms with E-state index in [1.807, 2.05) is 24.3 Å². The summed E-state index contributed by atoms with van der Waals surface area (Å²) in [7, 11) is 0. The number of unbranched alkanes of at least 4 members (excludes halogenated alkanes) is 11. The van der Waals surface area contributed by atoms with Gasteiger partial charge < -0.3 is 4.74 Å². The Morgan fingerprint density at radius 2 is 1.14 bits per heavy atom. The summed E-state index contributed by atoms with van der Waals surface area (Å²) in [6, 6.07) is 7.62. The van der Waals surface area contributed by atoms with Gasteiger partial charge in [0.25, 0.3) is 0 Å². The quantitative estimate of drug-likeness (QED) is 0.323. The molecule has 1 nitrogen and oxygen atoms in total. The van der Waals surface area contributed by atoms with Crippen LogP contribution < -0.4 is 4.74 Å². The fourth-order valence-electron chi connectivity index (χ4n) is 2.66. The lowest BCUT2D eigenvalue weighted by Crippen LogP contribution is -1.96. The standard InChI is InChI=1S/C20H33ClO/c1-2-3-4-5-6-7-8-9-10-11-12-13-18-22-20-16-14-19(21)15-17-20/h14-17H,2-13,18H2,1H3. The van der Waals surface area contributed by atoms with Crippen molar-refractivity contribution in [1.82, 2.24) is 0 Å². The predicted octanol–water partition coefficient (Wildman–Crippen LogP) is 7.42. The van der Waals surface area contributed by atoms with Crippen LogP contribution in [-0.4, -0.2) is 6.61 Å². The van der Waals surface area contributed by atoms with Gasteiger partial charge in [0.15, 0.2) is 0 Å². The molecule has 0 aliphatic heterocycles. The Balaban J connectivity index is 1.79. The molecule has 1 aromatic carbocycles. The maximum Gasteiger partial charge on any atom is 0.119 e. The van der Waals surface area contributed by atoms with Crippen LogP contribution in [0.3, 0.4) is 0 Å². The third-order valence-corrected chi connectivity index (χ3v) is 4.33. The number of benzene rings is 1. The average molecular weight is 325 g/mol. The Morgan fingerprint density at radius 1 is 0.682 bits per heavy atom. The summed E-state index contributed by atoms with van der Waals surface area (Å²) in [5, 5.41) is 0.762. The molecule has 0 N–H and O–H groups in total. The summed E-state index contributed by atoms with van der Waals surface area (Å²) in [6.45, 7) is 3.10. The van der Waals surface area contributed by atoms with Crippen LogP contribution in [0.1, 0.15) is 84.0 Å². The second-order valence-electron chi connectivity index (χ2n) is 6.19. The molecule has 0 saturated carbocycles. The van der Waals surface area contributed by atoms with Crippen molar-refractivity contribution in [1.29, 1.82) is 0 Å². The fraction of sp³-hybridized carbons (Fsp3) is 0.700. The number of ether oxygens (including phenoxy) is 1. The average Bonchev–Trinajstić information content (AvgIpc) is 2.53. The van der Waals surface area contributed by atoms with Crippen molar-refractivity contribution < 1.29 is 4.74 Å². The molecule has 126 valence electrons. The van der Waals surface area contributed by atoms with E-state index in [0.29, 0.717) is 0 Å². The van der Waals surface area contributed by atoms with Crippen LogP contribution in [0.25, 0.3) is 0 Å². The first kappa shape index (κ1) is 19.4. The van der Waals surface area contributed by atoms with Gasteiger partial charge in [0, 0.05) is 5.02 Å². The molecular weight excluding hydrogens is 292 g/mol. The minimum Gasteiger partial charge on any atom is -0.494 e. The molecule has 1 rings (SSSR count). The monoisotopic (exact) mass is 324 g/mol. The Kier molecular flexibility index (Phi) is 12.3. The minimum atomic E-state index is 0.762. The van der Waals surface area contributed by atoms with Crippen molar-refractivity contribution in [3.05, 3.63) is 29.3 Å². The molecule has 0 aliphatic rings. The van der Waals surface area contributed by atoms with E-state index in [4.69, 9.17) is 16.3 Å². The Bertz CT molecular complexity index is 347. The minimum absolute atomic E-state index is 0.762. The third kappa shape index (κ3) is 11.0. The van der Waals surface area contributed by atoms with E-state index in [9.17, 15) is 0 Å². The van der Waals surface area contributed by atoms with Crippen LogP contribution in [0.2, 0.25) is 5.02 Å². The number of halogens is 1. The van der Waals surface area contributed by atoms with Gasteiger partial charge in [-0.3, -0.25) is 0 Å². The van der Waals surface area contributed by atoms with Crippen LogP contribution in [0.4, 0.5) is 0 Å². The predicted molar refractivity (Wildman–Crippen MR) is 98.0 cm³/mol. The molecule has 1 aromatic rings. The highest BCUT2D eigenvalue weighted by Gasteiger charge is 1.95. The van der Waals surface area contributed by atoms with Crippen LogP contribution in [0.5, 0.6) is 5.75 Å². The summed E-state index contributed by atoms with van der Waals surface area (Å²) in [4.78, 5) is 0. The Labute approximate surface area is 142 Å². The van der Waals surface area contributed by atoms with Crippen LogP contribution in [-0.2, 0) is 0 Å². The summed E-state index contributed by atoms with van der Waals surface area (Å²) in [5.74, 6) is 0.924. The van der Waals surface area contributed by atoms with Gasteiger partial charge in [-0.1, -0.05) is 89.2 Å². The van der Waals surface area contributed by atoms with Gasteiger partial charge in [-0.05, 0) is 30.7 Å². The third-order valence-electron chi connectivity index (χ3n) is 4.08. The lowest BCUT2D eigenvalue weighted by atomic mass is 10.1. The number of rotatable bonds is 14. The van der Waals surface area contributed by atoms with Crippen LogP contribution in [0.15, 0.2) is 24.3 Å². The molecule has 0 aromatic heterocycles. The molecule has 0 spiro atoms. The molecule has 2 heteroatoms. The van der Waals surface area contributed by atoms with Gasteiger partial charge in [-0.25, -0.2) is 0 Å². The largest absolute Gasteiger partial charge is 0.494 e. The lowest BCUT2D eigenvalue weighted by molar-refractivity contribution is 0.304. The van der Waals surface area contributed by atoms with Gasteiger partial charge in [0.1, 0.15) is 5.75 Å². The molecule has 0 amide bonds. The van der Waals surface area contributed by atoms with E-state index in [1.165, 1.54) is 70.6 Å².